The number of non-ortho nitro benzene ring substituents is 1. The van der Waals surface area contributed by atoms with Gasteiger partial charge in [0.1, 0.15) is 0 Å². The first-order chi connectivity index (χ1) is 6.62. The molecule has 0 bridgehead atoms. The van der Waals surface area contributed by atoms with Crippen molar-refractivity contribution < 1.29 is 4.92 Å². The number of benzene rings is 1. The van der Waals surface area contributed by atoms with Gasteiger partial charge in [0.25, 0.3) is 5.69 Å². The van der Waals surface area contributed by atoms with E-state index in [0.29, 0.717) is 0 Å². The molecule has 14 heavy (non-hydrogen) atoms. The molecule has 4 nitrogen and oxygen atoms in total. The Bertz CT molecular complexity index is 372. The first-order valence-corrected chi connectivity index (χ1v) is 4.57. The number of nitro groups is 1. The average Bonchev–Trinajstić information content (AvgIpc) is 2.14. The predicted molar refractivity (Wildman–Crippen MR) is 53.3 cm³/mol. The zero-order chi connectivity index (χ0) is 10.2. The first-order valence-electron chi connectivity index (χ1n) is 4.57. The van der Waals surface area contributed by atoms with E-state index in [1.54, 1.807) is 12.1 Å². The second-order valence-electron chi connectivity index (χ2n) is 3.97. The predicted octanol–water partition coefficient (Wildman–Crippen LogP) is 1.46. The Labute approximate surface area is 82.1 Å². The van der Waals surface area contributed by atoms with E-state index in [1.165, 1.54) is 6.07 Å². The van der Waals surface area contributed by atoms with Crippen LogP contribution < -0.4 is 5.32 Å². The van der Waals surface area contributed by atoms with Crippen LogP contribution in [-0.4, -0.2) is 18.0 Å². The summed E-state index contributed by atoms with van der Waals surface area (Å²) in [5, 5.41) is 13.8. The molecule has 0 spiro atoms. The average molecular weight is 192 g/mol. The molecule has 0 saturated carbocycles. The minimum atomic E-state index is -0.348. The summed E-state index contributed by atoms with van der Waals surface area (Å²) in [6, 6.07) is 6.89. The molecule has 0 aromatic heterocycles. The van der Waals surface area contributed by atoms with Gasteiger partial charge in [-0.3, -0.25) is 10.1 Å². The van der Waals surface area contributed by atoms with Crippen LogP contribution in [0.3, 0.4) is 0 Å². The van der Waals surface area contributed by atoms with Crippen molar-refractivity contribution in [3.05, 3.63) is 39.9 Å². The van der Waals surface area contributed by atoms with Crippen LogP contribution >= 0.6 is 0 Å². The molecule has 1 heterocycles. The molecule has 0 atom stereocenters. The Morgan fingerprint density at radius 1 is 1.50 bits per heavy atom. The summed E-state index contributed by atoms with van der Waals surface area (Å²) in [5.74, 6) is 0. The van der Waals surface area contributed by atoms with Gasteiger partial charge in [-0.15, -0.1) is 0 Å². The third-order valence-electron chi connectivity index (χ3n) is 2.78. The lowest BCUT2D eigenvalue weighted by molar-refractivity contribution is -0.385. The van der Waals surface area contributed by atoms with Gasteiger partial charge in [-0.05, 0) is 5.56 Å². The van der Waals surface area contributed by atoms with Crippen molar-refractivity contribution in [3.8, 4) is 0 Å². The highest BCUT2D eigenvalue weighted by Crippen LogP contribution is 2.29. The van der Waals surface area contributed by atoms with Gasteiger partial charge in [-0.2, -0.15) is 0 Å². The van der Waals surface area contributed by atoms with Crippen LogP contribution in [0.2, 0.25) is 0 Å². The van der Waals surface area contributed by atoms with Crippen LogP contribution in [-0.2, 0) is 5.41 Å². The van der Waals surface area contributed by atoms with Crippen LogP contribution in [0.5, 0.6) is 0 Å². The van der Waals surface area contributed by atoms with Crippen molar-refractivity contribution >= 4 is 5.69 Å². The molecule has 1 saturated heterocycles. The topological polar surface area (TPSA) is 55.2 Å². The van der Waals surface area contributed by atoms with Gasteiger partial charge >= 0.3 is 0 Å². The zero-order valence-electron chi connectivity index (χ0n) is 7.99. The second-order valence-corrected chi connectivity index (χ2v) is 3.97. The summed E-state index contributed by atoms with van der Waals surface area (Å²) in [6.45, 7) is 3.91. The highest BCUT2D eigenvalue weighted by atomic mass is 16.6. The van der Waals surface area contributed by atoms with Gasteiger partial charge in [0.15, 0.2) is 0 Å². The number of rotatable bonds is 2. The lowest BCUT2D eigenvalue weighted by Gasteiger charge is -2.39. The zero-order valence-corrected chi connectivity index (χ0v) is 7.99. The van der Waals surface area contributed by atoms with Gasteiger partial charge in [0.2, 0.25) is 0 Å². The molecule has 0 amide bonds. The van der Waals surface area contributed by atoms with Crippen LogP contribution in [0.4, 0.5) is 5.69 Å². The summed E-state index contributed by atoms with van der Waals surface area (Å²) < 4.78 is 0. The second kappa shape index (κ2) is 3.06. The van der Waals surface area contributed by atoms with Crippen molar-refractivity contribution in [1.29, 1.82) is 0 Å². The van der Waals surface area contributed by atoms with Crippen LogP contribution in [0.1, 0.15) is 12.5 Å². The standard InChI is InChI=1S/C10H12N2O2/c1-10(6-11-7-10)8-3-2-4-9(5-8)12(13)14/h2-5,11H,6-7H2,1H3. The lowest BCUT2D eigenvalue weighted by Crippen LogP contribution is -2.54. The summed E-state index contributed by atoms with van der Waals surface area (Å²) in [4.78, 5) is 10.2. The molecule has 4 heteroatoms. The summed E-state index contributed by atoms with van der Waals surface area (Å²) >= 11 is 0. The number of hydrogen-bond donors (Lipinski definition) is 1. The molecule has 1 aliphatic rings. The van der Waals surface area contributed by atoms with Crippen LogP contribution in [0, 0.1) is 10.1 Å². The molecular weight excluding hydrogens is 180 g/mol. The van der Waals surface area contributed by atoms with Gasteiger partial charge in [0.05, 0.1) is 4.92 Å². The monoisotopic (exact) mass is 192 g/mol. The molecule has 0 aliphatic carbocycles. The Hall–Kier alpha value is -1.42. The minimum absolute atomic E-state index is 0.0754. The number of nitro benzene ring substituents is 1. The van der Waals surface area contributed by atoms with E-state index in [2.05, 4.69) is 12.2 Å². The molecule has 1 N–H and O–H groups in total. The van der Waals surface area contributed by atoms with E-state index in [0.717, 1.165) is 18.7 Å². The molecule has 1 aromatic carbocycles. The molecule has 1 fully saturated rings. The summed E-state index contributed by atoms with van der Waals surface area (Å²) in [7, 11) is 0. The van der Waals surface area contributed by atoms with E-state index in [1.807, 2.05) is 6.07 Å². The van der Waals surface area contributed by atoms with E-state index in [9.17, 15) is 10.1 Å². The van der Waals surface area contributed by atoms with Gasteiger partial charge in [-0.25, -0.2) is 0 Å². The molecule has 74 valence electrons. The van der Waals surface area contributed by atoms with Crippen molar-refractivity contribution in [2.24, 2.45) is 0 Å². The SMILES string of the molecule is CC1(c2cccc([N+](=O)[O-])c2)CNC1. The maximum Gasteiger partial charge on any atom is 0.269 e. The van der Waals surface area contributed by atoms with E-state index in [-0.39, 0.29) is 16.0 Å². The fourth-order valence-electron chi connectivity index (χ4n) is 1.70. The fourth-order valence-corrected chi connectivity index (χ4v) is 1.70. The van der Waals surface area contributed by atoms with Gasteiger partial charge in [-0.1, -0.05) is 19.1 Å². The number of hydrogen-bond acceptors (Lipinski definition) is 3. The van der Waals surface area contributed by atoms with Gasteiger partial charge < -0.3 is 5.32 Å². The van der Waals surface area contributed by atoms with E-state index in [4.69, 9.17) is 0 Å². The maximum absolute atomic E-state index is 10.6. The summed E-state index contributed by atoms with van der Waals surface area (Å²) in [5.41, 5.74) is 1.30. The maximum atomic E-state index is 10.6. The number of nitrogens with zero attached hydrogens (tertiary/aromatic N) is 1. The van der Waals surface area contributed by atoms with Crippen molar-refractivity contribution in [1.82, 2.24) is 5.32 Å². The Morgan fingerprint density at radius 2 is 2.21 bits per heavy atom. The third kappa shape index (κ3) is 1.37. The Kier molecular flexibility index (Phi) is 2.00. The van der Waals surface area contributed by atoms with E-state index >= 15 is 0 Å². The first kappa shape index (κ1) is 9.15. The molecule has 1 aliphatic heterocycles. The van der Waals surface area contributed by atoms with Crippen molar-refractivity contribution in [2.75, 3.05) is 13.1 Å². The van der Waals surface area contributed by atoms with Crippen molar-refractivity contribution in [3.63, 3.8) is 0 Å². The van der Waals surface area contributed by atoms with Crippen molar-refractivity contribution in [2.45, 2.75) is 12.3 Å². The summed E-state index contributed by atoms with van der Waals surface area (Å²) in [6.07, 6.45) is 0. The lowest BCUT2D eigenvalue weighted by atomic mass is 9.77. The molecule has 2 rings (SSSR count). The highest BCUT2D eigenvalue weighted by molar-refractivity contribution is 5.39. The normalized spacial score (nSPS) is 18.6. The fraction of sp³-hybridized carbons (Fsp3) is 0.400. The quantitative estimate of drug-likeness (QED) is 0.570. The Balaban J connectivity index is 2.35. The third-order valence-corrected chi connectivity index (χ3v) is 2.78. The molecular formula is C10H12N2O2. The smallest absolute Gasteiger partial charge is 0.269 e. The van der Waals surface area contributed by atoms with Gasteiger partial charge in [0, 0.05) is 30.6 Å². The van der Waals surface area contributed by atoms with Crippen LogP contribution in [0.25, 0.3) is 0 Å². The number of nitrogens with one attached hydrogen (secondary N) is 1. The Morgan fingerprint density at radius 3 is 2.71 bits per heavy atom. The van der Waals surface area contributed by atoms with Crippen LogP contribution in [0.15, 0.2) is 24.3 Å². The molecule has 1 aromatic rings. The minimum Gasteiger partial charge on any atom is -0.315 e. The molecule has 0 unspecified atom stereocenters. The largest absolute Gasteiger partial charge is 0.315 e. The highest BCUT2D eigenvalue weighted by Gasteiger charge is 2.34. The molecule has 0 radical (unpaired) electrons. The van der Waals surface area contributed by atoms with E-state index < -0.39 is 0 Å².